The van der Waals surface area contributed by atoms with Crippen molar-refractivity contribution in [1.29, 1.82) is 0 Å². The summed E-state index contributed by atoms with van der Waals surface area (Å²) >= 11 is 0. The van der Waals surface area contributed by atoms with Gasteiger partial charge in [0.05, 0.1) is 0 Å². The van der Waals surface area contributed by atoms with Crippen molar-refractivity contribution in [1.82, 2.24) is 4.74 Å². The number of fused-ring (bicyclic) bond motifs is 1. The fourth-order valence-corrected chi connectivity index (χ4v) is 2.02. The Morgan fingerprint density at radius 3 is 2.79 bits per heavy atom. The first-order valence-corrected chi connectivity index (χ1v) is 5.41. The van der Waals surface area contributed by atoms with Gasteiger partial charge in [0.15, 0.2) is 17.2 Å². The molecule has 1 aromatic carbocycles. The van der Waals surface area contributed by atoms with E-state index in [1.165, 1.54) is 7.05 Å². The summed E-state index contributed by atoms with van der Waals surface area (Å²) < 4.78 is 16.1. The number of carboxylic acids is 1. The summed E-state index contributed by atoms with van der Waals surface area (Å²) in [4.78, 5) is 22.9. The molecule has 0 bridgehead atoms. The Bertz CT molecular complexity index is 726. The summed E-state index contributed by atoms with van der Waals surface area (Å²) in [6.07, 6.45) is 0. The van der Waals surface area contributed by atoms with Crippen molar-refractivity contribution in [3.8, 4) is 22.6 Å². The Labute approximate surface area is 106 Å². The molecule has 19 heavy (non-hydrogen) atoms. The minimum Gasteiger partial charge on any atom is -0.476 e. The minimum absolute atomic E-state index is 0.00620. The molecule has 0 spiro atoms. The average Bonchev–Trinajstić information content (AvgIpc) is 2.91. The van der Waals surface area contributed by atoms with E-state index in [2.05, 4.69) is 0 Å². The number of benzene rings is 1. The van der Waals surface area contributed by atoms with Crippen molar-refractivity contribution in [3.63, 3.8) is 0 Å². The van der Waals surface area contributed by atoms with E-state index in [0.29, 0.717) is 17.1 Å². The zero-order chi connectivity index (χ0) is 13.6. The molecule has 0 saturated carbocycles. The number of nitrogens with zero attached hydrogens (tertiary/aromatic N) is 1. The van der Waals surface area contributed by atoms with Gasteiger partial charge in [0.2, 0.25) is 6.79 Å². The van der Waals surface area contributed by atoms with Crippen LogP contribution in [0.25, 0.3) is 11.1 Å². The monoisotopic (exact) mass is 263 g/mol. The molecule has 1 aliphatic heterocycles. The number of carbonyl (C=O) groups is 1. The predicted octanol–water partition coefficient (Wildman–Crippen LogP) is 1.07. The molecule has 1 aromatic heterocycles. The van der Waals surface area contributed by atoms with Gasteiger partial charge in [-0.2, -0.15) is 0 Å². The lowest BCUT2D eigenvalue weighted by Gasteiger charge is -2.01. The highest BCUT2D eigenvalue weighted by molar-refractivity contribution is 5.94. The molecule has 1 aliphatic rings. The molecule has 0 saturated heterocycles. The van der Waals surface area contributed by atoms with Crippen LogP contribution in [0.1, 0.15) is 10.5 Å². The van der Waals surface area contributed by atoms with E-state index in [9.17, 15) is 9.59 Å². The predicted molar refractivity (Wildman–Crippen MR) is 62.5 cm³/mol. The molecule has 3 rings (SSSR count). The molecule has 0 radical (unpaired) electrons. The molecule has 2 aromatic rings. The molecule has 98 valence electrons. The third kappa shape index (κ3) is 1.67. The highest BCUT2D eigenvalue weighted by Crippen LogP contribution is 2.35. The van der Waals surface area contributed by atoms with Crippen molar-refractivity contribution < 1.29 is 23.9 Å². The maximum absolute atomic E-state index is 11.7. The molecule has 0 unspecified atom stereocenters. The third-order valence-corrected chi connectivity index (χ3v) is 2.84. The summed E-state index contributed by atoms with van der Waals surface area (Å²) in [6, 6.07) is 4.77. The number of carboxylic acid groups (broad SMARTS) is 1. The van der Waals surface area contributed by atoms with Gasteiger partial charge in [0, 0.05) is 7.05 Å². The molecule has 1 N–H and O–H groups in total. The molecule has 7 nitrogen and oxygen atoms in total. The van der Waals surface area contributed by atoms with E-state index in [1.807, 2.05) is 0 Å². The van der Waals surface area contributed by atoms with Crippen LogP contribution in [0.5, 0.6) is 11.5 Å². The van der Waals surface area contributed by atoms with Gasteiger partial charge >= 0.3 is 11.6 Å². The number of aromatic nitrogens is 1. The summed E-state index contributed by atoms with van der Waals surface area (Å²) in [5.41, 5.74) is -0.507. The minimum atomic E-state index is -1.24. The van der Waals surface area contributed by atoms with Gasteiger partial charge in [0.1, 0.15) is 5.56 Å². The van der Waals surface area contributed by atoms with Crippen LogP contribution < -0.4 is 15.1 Å². The largest absolute Gasteiger partial charge is 0.476 e. The summed E-state index contributed by atoms with van der Waals surface area (Å²) in [5.74, 6) is -0.209. The zero-order valence-electron chi connectivity index (χ0n) is 9.87. The Morgan fingerprint density at radius 1 is 1.32 bits per heavy atom. The summed E-state index contributed by atoms with van der Waals surface area (Å²) in [5, 5.41) is 9.14. The highest BCUT2D eigenvalue weighted by Gasteiger charge is 2.24. The quantitative estimate of drug-likeness (QED) is 0.871. The number of rotatable bonds is 2. The number of aryl methyl sites for hydroxylation is 1. The first-order valence-electron chi connectivity index (χ1n) is 5.41. The lowest BCUT2D eigenvalue weighted by atomic mass is 10.1. The fourth-order valence-electron chi connectivity index (χ4n) is 2.02. The SMILES string of the molecule is Cn1oc(=O)c(-c2ccc3c(c2)OCO3)c1C(=O)O. The summed E-state index contributed by atoms with van der Waals surface area (Å²) in [6.45, 7) is 0.105. The molecule has 0 fully saturated rings. The zero-order valence-corrected chi connectivity index (χ0v) is 9.87. The van der Waals surface area contributed by atoms with Gasteiger partial charge < -0.3 is 19.1 Å². The molecular formula is C12H9NO6. The number of hydrogen-bond donors (Lipinski definition) is 1. The van der Waals surface area contributed by atoms with E-state index in [-0.39, 0.29) is 18.1 Å². The van der Waals surface area contributed by atoms with Crippen molar-refractivity contribution in [2.75, 3.05) is 6.79 Å². The average molecular weight is 263 g/mol. The molecular weight excluding hydrogens is 254 g/mol. The maximum atomic E-state index is 11.7. The van der Waals surface area contributed by atoms with Crippen molar-refractivity contribution in [2.24, 2.45) is 7.05 Å². The van der Waals surface area contributed by atoms with Crippen LogP contribution in [0.3, 0.4) is 0 Å². The van der Waals surface area contributed by atoms with Gasteiger partial charge in [-0.1, -0.05) is 6.07 Å². The molecule has 2 heterocycles. The number of ether oxygens (including phenoxy) is 2. The van der Waals surface area contributed by atoms with Crippen LogP contribution in [0.15, 0.2) is 27.5 Å². The Kier molecular flexibility index (Phi) is 2.34. The molecule has 0 aliphatic carbocycles. The fraction of sp³-hybridized carbons (Fsp3) is 0.167. The van der Waals surface area contributed by atoms with Crippen LogP contribution in [0, 0.1) is 0 Å². The first-order chi connectivity index (χ1) is 9.08. The van der Waals surface area contributed by atoms with E-state index >= 15 is 0 Å². The molecule has 0 amide bonds. The maximum Gasteiger partial charge on any atom is 0.366 e. The van der Waals surface area contributed by atoms with Crippen molar-refractivity contribution in [3.05, 3.63) is 34.3 Å². The smallest absolute Gasteiger partial charge is 0.366 e. The highest BCUT2D eigenvalue weighted by atomic mass is 16.7. The van der Waals surface area contributed by atoms with Crippen molar-refractivity contribution in [2.45, 2.75) is 0 Å². The normalized spacial score (nSPS) is 12.7. The second-order valence-corrected chi connectivity index (χ2v) is 3.97. The second kappa shape index (κ2) is 3.91. The summed E-state index contributed by atoms with van der Waals surface area (Å²) in [7, 11) is 1.36. The lowest BCUT2D eigenvalue weighted by molar-refractivity contribution is 0.0673. The Balaban J connectivity index is 2.22. The van der Waals surface area contributed by atoms with E-state index in [0.717, 1.165) is 4.74 Å². The van der Waals surface area contributed by atoms with Gasteiger partial charge in [0.25, 0.3) is 0 Å². The van der Waals surface area contributed by atoms with Crippen molar-refractivity contribution >= 4 is 5.97 Å². The van der Waals surface area contributed by atoms with Crippen LogP contribution in [0.4, 0.5) is 0 Å². The van der Waals surface area contributed by atoms with Gasteiger partial charge in [-0.25, -0.2) is 14.3 Å². The third-order valence-electron chi connectivity index (χ3n) is 2.84. The van der Waals surface area contributed by atoms with Gasteiger partial charge in [-0.3, -0.25) is 0 Å². The Morgan fingerprint density at radius 2 is 2.05 bits per heavy atom. The molecule has 7 heteroatoms. The second-order valence-electron chi connectivity index (χ2n) is 3.97. The van der Waals surface area contributed by atoms with Gasteiger partial charge in [-0.15, -0.1) is 0 Å². The van der Waals surface area contributed by atoms with E-state index in [1.54, 1.807) is 18.2 Å². The topological polar surface area (TPSA) is 90.9 Å². The van der Waals surface area contributed by atoms with Crippen LogP contribution in [-0.2, 0) is 7.05 Å². The van der Waals surface area contributed by atoms with E-state index in [4.69, 9.17) is 19.1 Å². The molecule has 0 atom stereocenters. The van der Waals surface area contributed by atoms with Crippen LogP contribution >= 0.6 is 0 Å². The number of hydrogen-bond acceptors (Lipinski definition) is 5. The Hall–Kier alpha value is -2.70. The van der Waals surface area contributed by atoms with Crippen LogP contribution in [-0.4, -0.2) is 22.6 Å². The standard InChI is InChI=1S/C12H9NO6/c1-13-10(11(14)15)9(12(16)19-13)6-2-3-7-8(4-6)18-5-17-7/h2-4H,5H2,1H3,(H,14,15). The van der Waals surface area contributed by atoms with Gasteiger partial charge in [-0.05, 0) is 17.7 Å². The number of aromatic carboxylic acids is 1. The van der Waals surface area contributed by atoms with Crippen LogP contribution in [0.2, 0.25) is 0 Å². The lowest BCUT2D eigenvalue weighted by Crippen LogP contribution is -2.06. The van der Waals surface area contributed by atoms with E-state index < -0.39 is 11.6 Å². The first kappa shape index (κ1) is 11.4.